The quantitative estimate of drug-likeness (QED) is 0.825. The van der Waals surface area contributed by atoms with Crippen molar-refractivity contribution < 1.29 is 18.7 Å². The molecule has 7 heteroatoms. The standard InChI is InChI=1S/C19H18BrFN2O3/c20-14-3-6-16(17(21)12-14)19(25)22-15-4-1-13(2-5-15)11-18(24)23-7-9-26-10-8-23/h1-6,12H,7-11H2,(H,22,25). The zero-order valence-electron chi connectivity index (χ0n) is 14.0. The Morgan fingerprint density at radius 2 is 1.81 bits per heavy atom. The number of hydrogen-bond acceptors (Lipinski definition) is 3. The fraction of sp³-hybridized carbons (Fsp3) is 0.263. The molecule has 1 aliphatic heterocycles. The van der Waals surface area contributed by atoms with Gasteiger partial charge in [0.2, 0.25) is 5.91 Å². The van der Waals surface area contributed by atoms with Crippen molar-refractivity contribution in [2.24, 2.45) is 0 Å². The zero-order valence-corrected chi connectivity index (χ0v) is 15.6. The molecule has 2 aromatic carbocycles. The molecule has 0 atom stereocenters. The Morgan fingerprint density at radius 3 is 2.46 bits per heavy atom. The number of nitrogens with one attached hydrogen (secondary N) is 1. The summed E-state index contributed by atoms with van der Waals surface area (Å²) in [5.74, 6) is -1.06. The van der Waals surface area contributed by atoms with E-state index in [9.17, 15) is 14.0 Å². The summed E-state index contributed by atoms with van der Waals surface area (Å²) in [5.41, 5.74) is 1.37. The number of hydrogen-bond donors (Lipinski definition) is 1. The largest absolute Gasteiger partial charge is 0.378 e. The first-order valence-electron chi connectivity index (χ1n) is 8.24. The van der Waals surface area contributed by atoms with Gasteiger partial charge in [-0.2, -0.15) is 0 Å². The molecule has 0 bridgehead atoms. The van der Waals surface area contributed by atoms with Gasteiger partial charge >= 0.3 is 0 Å². The molecular formula is C19H18BrFN2O3. The maximum atomic E-state index is 13.8. The summed E-state index contributed by atoms with van der Waals surface area (Å²) < 4.78 is 19.7. The number of carbonyl (C=O) groups excluding carboxylic acids is 2. The molecule has 0 aliphatic carbocycles. The number of anilines is 1. The third kappa shape index (κ3) is 4.68. The molecule has 0 radical (unpaired) electrons. The SMILES string of the molecule is O=C(Nc1ccc(CC(=O)N2CCOCC2)cc1)c1ccc(Br)cc1F. The van der Waals surface area contributed by atoms with Crippen molar-refractivity contribution in [2.45, 2.75) is 6.42 Å². The van der Waals surface area contributed by atoms with E-state index in [-0.39, 0.29) is 11.5 Å². The minimum atomic E-state index is -0.593. The van der Waals surface area contributed by atoms with E-state index in [1.165, 1.54) is 12.1 Å². The van der Waals surface area contributed by atoms with Gasteiger partial charge in [-0.05, 0) is 35.9 Å². The summed E-state index contributed by atoms with van der Waals surface area (Å²) in [4.78, 5) is 26.2. The number of ether oxygens (including phenoxy) is 1. The first kappa shape index (κ1) is 18.5. The Kier molecular flexibility index (Phi) is 6.00. The Bertz CT molecular complexity index is 805. The van der Waals surface area contributed by atoms with Crippen LogP contribution in [0, 0.1) is 5.82 Å². The van der Waals surface area contributed by atoms with Crippen LogP contribution in [0.5, 0.6) is 0 Å². The monoisotopic (exact) mass is 420 g/mol. The molecule has 2 amide bonds. The fourth-order valence-electron chi connectivity index (χ4n) is 2.68. The second-order valence-electron chi connectivity index (χ2n) is 5.95. The number of benzene rings is 2. The van der Waals surface area contributed by atoms with Gasteiger partial charge in [0, 0.05) is 23.2 Å². The van der Waals surface area contributed by atoms with Crippen molar-refractivity contribution in [2.75, 3.05) is 31.6 Å². The highest BCUT2D eigenvalue weighted by atomic mass is 79.9. The summed E-state index contributed by atoms with van der Waals surface area (Å²) in [6, 6.07) is 11.3. The third-order valence-electron chi connectivity index (χ3n) is 4.11. The molecule has 0 aromatic heterocycles. The maximum absolute atomic E-state index is 13.8. The molecule has 1 N–H and O–H groups in total. The van der Waals surface area contributed by atoms with Crippen molar-refractivity contribution in [3.05, 3.63) is 63.9 Å². The van der Waals surface area contributed by atoms with Gasteiger partial charge in [0.05, 0.1) is 25.2 Å². The molecule has 0 spiro atoms. The lowest BCUT2D eigenvalue weighted by atomic mass is 10.1. The van der Waals surface area contributed by atoms with Crippen LogP contribution >= 0.6 is 15.9 Å². The fourth-order valence-corrected chi connectivity index (χ4v) is 3.01. The second kappa shape index (κ2) is 8.42. The number of carbonyl (C=O) groups is 2. The molecule has 2 aromatic rings. The van der Waals surface area contributed by atoms with Crippen molar-refractivity contribution in [1.29, 1.82) is 0 Å². The summed E-state index contributed by atoms with van der Waals surface area (Å²) in [5, 5.41) is 2.66. The van der Waals surface area contributed by atoms with Gasteiger partial charge in [-0.3, -0.25) is 9.59 Å². The van der Waals surface area contributed by atoms with E-state index >= 15 is 0 Å². The summed E-state index contributed by atoms with van der Waals surface area (Å²) in [6.45, 7) is 2.38. The van der Waals surface area contributed by atoms with Crippen LogP contribution in [0.25, 0.3) is 0 Å². The van der Waals surface area contributed by atoms with Crippen LogP contribution in [0.3, 0.4) is 0 Å². The summed E-state index contributed by atoms with van der Waals surface area (Å²) >= 11 is 3.16. The first-order chi connectivity index (χ1) is 12.5. The number of rotatable bonds is 4. The molecule has 3 rings (SSSR count). The molecule has 136 valence electrons. The van der Waals surface area contributed by atoms with Gasteiger partial charge in [0.25, 0.3) is 5.91 Å². The highest BCUT2D eigenvalue weighted by molar-refractivity contribution is 9.10. The Hall–Kier alpha value is -2.25. The minimum Gasteiger partial charge on any atom is -0.378 e. The number of nitrogens with zero attached hydrogens (tertiary/aromatic N) is 1. The highest BCUT2D eigenvalue weighted by Crippen LogP contribution is 2.18. The number of morpholine rings is 1. The lowest BCUT2D eigenvalue weighted by Gasteiger charge is -2.26. The van der Waals surface area contributed by atoms with Crippen molar-refractivity contribution in [3.8, 4) is 0 Å². The average Bonchev–Trinajstić information content (AvgIpc) is 2.64. The zero-order chi connectivity index (χ0) is 18.5. The van der Waals surface area contributed by atoms with Crippen LogP contribution < -0.4 is 5.32 Å². The minimum absolute atomic E-state index is 0.0280. The number of halogens is 2. The molecule has 1 saturated heterocycles. The van der Waals surface area contributed by atoms with Crippen LogP contribution in [0.15, 0.2) is 46.9 Å². The van der Waals surface area contributed by atoms with E-state index in [4.69, 9.17) is 4.74 Å². The van der Waals surface area contributed by atoms with Crippen molar-refractivity contribution in [3.63, 3.8) is 0 Å². The lowest BCUT2D eigenvalue weighted by molar-refractivity contribution is -0.134. The van der Waals surface area contributed by atoms with Crippen LogP contribution in [-0.4, -0.2) is 43.0 Å². The van der Waals surface area contributed by atoms with Crippen molar-refractivity contribution >= 4 is 33.4 Å². The molecule has 5 nitrogen and oxygen atoms in total. The Morgan fingerprint density at radius 1 is 1.12 bits per heavy atom. The predicted molar refractivity (Wildman–Crippen MR) is 99.6 cm³/mol. The van der Waals surface area contributed by atoms with E-state index in [1.807, 2.05) is 0 Å². The van der Waals surface area contributed by atoms with Gasteiger partial charge < -0.3 is 15.0 Å². The van der Waals surface area contributed by atoms with Gasteiger partial charge in [-0.1, -0.05) is 28.1 Å². The van der Waals surface area contributed by atoms with Crippen LogP contribution in [0.1, 0.15) is 15.9 Å². The van der Waals surface area contributed by atoms with E-state index in [2.05, 4.69) is 21.2 Å². The Balaban J connectivity index is 1.60. The second-order valence-corrected chi connectivity index (χ2v) is 6.86. The summed E-state index contributed by atoms with van der Waals surface area (Å²) in [6.07, 6.45) is 0.301. The van der Waals surface area contributed by atoms with Crippen LogP contribution in [0.4, 0.5) is 10.1 Å². The van der Waals surface area contributed by atoms with E-state index in [0.717, 1.165) is 5.56 Å². The van der Waals surface area contributed by atoms with Gasteiger partial charge in [0.1, 0.15) is 5.82 Å². The molecule has 26 heavy (non-hydrogen) atoms. The van der Waals surface area contributed by atoms with Gasteiger partial charge in [0.15, 0.2) is 0 Å². The number of amides is 2. The van der Waals surface area contributed by atoms with Crippen molar-refractivity contribution in [1.82, 2.24) is 4.90 Å². The van der Waals surface area contributed by atoms with Gasteiger partial charge in [-0.15, -0.1) is 0 Å². The highest BCUT2D eigenvalue weighted by Gasteiger charge is 2.17. The third-order valence-corrected chi connectivity index (χ3v) is 4.60. The average molecular weight is 421 g/mol. The molecular weight excluding hydrogens is 403 g/mol. The maximum Gasteiger partial charge on any atom is 0.258 e. The molecule has 1 heterocycles. The molecule has 1 aliphatic rings. The van der Waals surface area contributed by atoms with E-state index in [1.54, 1.807) is 35.2 Å². The lowest BCUT2D eigenvalue weighted by Crippen LogP contribution is -2.41. The first-order valence-corrected chi connectivity index (χ1v) is 9.03. The molecule has 1 fully saturated rings. The smallest absolute Gasteiger partial charge is 0.258 e. The van der Waals surface area contributed by atoms with Crippen LogP contribution in [0.2, 0.25) is 0 Å². The topological polar surface area (TPSA) is 58.6 Å². The molecule has 0 saturated carbocycles. The van der Waals surface area contributed by atoms with E-state index < -0.39 is 11.7 Å². The predicted octanol–water partition coefficient (Wildman–Crippen LogP) is 3.24. The Labute approximate surface area is 159 Å². The van der Waals surface area contributed by atoms with E-state index in [0.29, 0.717) is 42.9 Å². The molecule has 0 unspecified atom stereocenters. The summed E-state index contributed by atoms with van der Waals surface area (Å²) in [7, 11) is 0. The normalized spacial score (nSPS) is 14.2. The van der Waals surface area contributed by atoms with Crippen LogP contribution in [-0.2, 0) is 16.0 Å². The van der Waals surface area contributed by atoms with Gasteiger partial charge in [-0.25, -0.2) is 4.39 Å².